The highest BCUT2D eigenvalue weighted by molar-refractivity contribution is 5.80. The fourth-order valence-electron chi connectivity index (χ4n) is 3.25. The molecule has 1 atom stereocenters. The zero-order valence-corrected chi connectivity index (χ0v) is 14.2. The SMILES string of the molecule is O=c1oc2ccc(-c3ccc(OC(F)(F)F)cc3)cc2n1C[C@@H]1CCOC1. The molecule has 8 heteroatoms. The number of fused-ring (bicyclic) bond motifs is 1. The van der Waals surface area contributed by atoms with E-state index in [9.17, 15) is 18.0 Å². The Morgan fingerprint density at radius 2 is 1.85 bits per heavy atom. The lowest BCUT2D eigenvalue weighted by Crippen LogP contribution is -2.20. The Labute approximate surface area is 151 Å². The van der Waals surface area contributed by atoms with Crippen molar-refractivity contribution in [3.8, 4) is 16.9 Å². The van der Waals surface area contributed by atoms with E-state index in [0.29, 0.717) is 36.4 Å². The highest BCUT2D eigenvalue weighted by Gasteiger charge is 2.31. The summed E-state index contributed by atoms with van der Waals surface area (Å²) < 4.78 is 53.0. The van der Waals surface area contributed by atoms with E-state index in [2.05, 4.69) is 4.74 Å². The summed E-state index contributed by atoms with van der Waals surface area (Å²) in [6.07, 6.45) is -3.84. The van der Waals surface area contributed by atoms with Gasteiger partial charge in [0.25, 0.3) is 0 Å². The van der Waals surface area contributed by atoms with E-state index in [1.54, 1.807) is 22.8 Å². The van der Waals surface area contributed by atoms with Gasteiger partial charge in [0, 0.05) is 19.1 Å². The van der Waals surface area contributed by atoms with Crippen molar-refractivity contribution in [2.24, 2.45) is 5.92 Å². The molecule has 0 radical (unpaired) electrons. The Morgan fingerprint density at radius 3 is 2.52 bits per heavy atom. The standard InChI is InChI=1S/C19H16F3NO4/c20-19(21,22)27-15-4-1-13(2-5-15)14-3-6-17-16(9-14)23(18(24)26-17)10-12-7-8-25-11-12/h1-6,9,12H,7-8,10-11H2/t12-/m0/s1. The van der Waals surface area contributed by atoms with Crippen molar-refractivity contribution in [3.05, 3.63) is 53.0 Å². The monoisotopic (exact) mass is 379 g/mol. The van der Waals surface area contributed by atoms with Crippen LogP contribution < -0.4 is 10.5 Å². The predicted octanol–water partition coefficient (Wildman–Crippen LogP) is 4.20. The van der Waals surface area contributed by atoms with Crippen molar-refractivity contribution in [1.29, 1.82) is 0 Å². The molecule has 2 aromatic carbocycles. The van der Waals surface area contributed by atoms with Gasteiger partial charge in [-0.05, 0) is 41.8 Å². The van der Waals surface area contributed by atoms with Gasteiger partial charge in [-0.1, -0.05) is 18.2 Å². The summed E-state index contributed by atoms with van der Waals surface area (Å²) in [5.74, 6) is -0.456. The molecule has 142 valence electrons. The van der Waals surface area contributed by atoms with Crippen molar-refractivity contribution < 1.29 is 27.1 Å². The first kappa shape index (κ1) is 17.7. The molecule has 2 heterocycles. The second-order valence-electron chi connectivity index (χ2n) is 6.46. The van der Waals surface area contributed by atoms with Gasteiger partial charge in [0.1, 0.15) is 5.75 Å². The fraction of sp³-hybridized carbons (Fsp3) is 0.316. The Morgan fingerprint density at radius 1 is 1.11 bits per heavy atom. The maximum Gasteiger partial charge on any atom is 0.573 e. The first-order valence-electron chi connectivity index (χ1n) is 8.46. The maximum atomic E-state index is 12.3. The number of aromatic nitrogens is 1. The van der Waals surface area contributed by atoms with Crippen LogP contribution in [0.4, 0.5) is 13.2 Å². The third-order valence-corrected chi connectivity index (χ3v) is 4.55. The van der Waals surface area contributed by atoms with Gasteiger partial charge in [-0.25, -0.2) is 4.79 Å². The van der Waals surface area contributed by atoms with Crippen LogP contribution in [0, 0.1) is 5.92 Å². The summed E-state index contributed by atoms with van der Waals surface area (Å²) in [7, 11) is 0. The van der Waals surface area contributed by atoms with Crippen molar-refractivity contribution in [3.63, 3.8) is 0 Å². The third kappa shape index (κ3) is 3.85. The highest BCUT2D eigenvalue weighted by Crippen LogP contribution is 2.29. The molecule has 0 amide bonds. The highest BCUT2D eigenvalue weighted by atomic mass is 19.4. The number of oxazole rings is 1. The van der Waals surface area contributed by atoms with Gasteiger partial charge >= 0.3 is 12.1 Å². The molecule has 4 rings (SSSR count). The van der Waals surface area contributed by atoms with Crippen LogP contribution in [0.3, 0.4) is 0 Å². The number of benzene rings is 2. The van der Waals surface area contributed by atoms with E-state index in [4.69, 9.17) is 9.15 Å². The maximum absolute atomic E-state index is 12.3. The summed E-state index contributed by atoms with van der Waals surface area (Å²) in [5.41, 5.74) is 2.59. The third-order valence-electron chi connectivity index (χ3n) is 4.55. The van der Waals surface area contributed by atoms with Gasteiger partial charge in [-0.3, -0.25) is 4.57 Å². The minimum absolute atomic E-state index is 0.256. The molecule has 0 aliphatic carbocycles. The number of halogens is 3. The normalized spacial score (nSPS) is 17.5. The molecule has 5 nitrogen and oxygen atoms in total. The fourth-order valence-corrected chi connectivity index (χ4v) is 3.25. The summed E-state index contributed by atoms with van der Waals surface area (Å²) in [5, 5.41) is 0. The molecule has 1 aliphatic heterocycles. The van der Waals surface area contributed by atoms with E-state index in [0.717, 1.165) is 12.0 Å². The zero-order chi connectivity index (χ0) is 19.0. The summed E-state index contributed by atoms with van der Waals surface area (Å²) >= 11 is 0. The van der Waals surface area contributed by atoms with Gasteiger partial charge in [-0.15, -0.1) is 13.2 Å². The molecule has 27 heavy (non-hydrogen) atoms. The average molecular weight is 379 g/mol. The van der Waals surface area contributed by atoms with Gasteiger partial charge in [0.05, 0.1) is 12.1 Å². The van der Waals surface area contributed by atoms with E-state index < -0.39 is 12.1 Å². The van der Waals surface area contributed by atoms with E-state index in [1.165, 1.54) is 24.3 Å². The lowest BCUT2D eigenvalue weighted by atomic mass is 10.0. The number of nitrogens with zero attached hydrogens (tertiary/aromatic N) is 1. The van der Waals surface area contributed by atoms with Gasteiger partial charge < -0.3 is 13.9 Å². The van der Waals surface area contributed by atoms with Crippen LogP contribution in [-0.4, -0.2) is 24.1 Å². The molecule has 3 aromatic rings. The molecule has 0 bridgehead atoms. The first-order valence-corrected chi connectivity index (χ1v) is 8.46. The van der Waals surface area contributed by atoms with Gasteiger partial charge in [0.15, 0.2) is 5.58 Å². The Balaban J connectivity index is 1.65. The zero-order valence-electron chi connectivity index (χ0n) is 14.2. The minimum Gasteiger partial charge on any atom is -0.408 e. The molecular weight excluding hydrogens is 363 g/mol. The molecule has 0 saturated carbocycles. The van der Waals surface area contributed by atoms with Crippen molar-refractivity contribution in [2.45, 2.75) is 19.3 Å². The molecule has 1 aliphatic rings. The molecular formula is C19H16F3NO4. The summed E-state index contributed by atoms with van der Waals surface area (Å²) in [6.45, 7) is 1.81. The number of rotatable bonds is 4. The molecule has 1 saturated heterocycles. The smallest absolute Gasteiger partial charge is 0.408 e. The van der Waals surface area contributed by atoms with Crippen LogP contribution in [0.5, 0.6) is 5.75 Å². The van der Waals surface area contributed by atoms with Crippen LogP contribution in [0.25, 0.3) is 22.2 Å². The lowest BCUT2D eigenvalue weighted by Gasteiger charge is -2.10. The Kier molecular flexibility index (Phi) is 4.43. The summed E-state index contributed by atoms with van der Waals surface area (Å²) in [6, 6.07) is 10.8. The molecule has 0 spiro atoms. The quantitative estimate of drug-likeness (QED) is 0.682. The largest absolute Gasteiger partial charge is 0.573 e. The Hall–Kier alpha value is -2.74. The van der Waals surface area contributed by atoms with Crippen molar-refractivity contribution in [1.82, 2.24) is 4.57 Å². The number of hydrogen-bond donors (Lipinski definition) is 0. The van der Waals surface area contributed by atoms with Crippen LogP contribution in [0.1, 0.15) is 6.42 Å². The summed E-state index contributed by atoms with van der Waals surface area (Å²) in [4.78, 5) is 12.2. The van der Waals surface area contributed by atoms with E-state index >= 15 is 0 Å². The van der Waals surface area contributed by atoms with Crippen molar-refractivity contribution >= 4 is 11.1 Å². The second-order valence-corrected chi connectivity index (χ2v) is 6.46. The topological polar surface area (TPSA) is 53.6 Å². The molecule has 0 N–H and O–H groups in total. The minimum atomic E-state index is -4.72. The number of alkyl halides is 3. The van der Waals surface area contributed by atoms with Crippen LogP contribution in [0.2, 0.25) is 0 Å². The number of ether oxygens (including phenoxy) is 2. The molecule has 1 fully saturated rings. The van der Waals surface area contributed by atoms with Crippen molar-refractivity contribution in [2.75, 3.05) is 13.2 Å². The van der Waals surface area contributed by atoms with Gasteiger partial charge in [0.2, 0.25) is 0 Å². The molecule has 0 unspecified atom stereocenters. The van der Waals surface area contributed by atoms with Crippen LogP contribution in [0.15, 0.2) is 51.7 Å². The first-order chi connectivity index (χ1) is 12.9. The van der Waals surface area contributed by atoms with Gasteiger partial charge in [-0.2, -0.15) is 0 Å². The second kappa shape index (κ2) is 6.77. The predicted molar refractivity (Wildman–Crippen MR) is 91.5 cm³/mol. The number of hydrogen-bond acceptors (Lipinski definition) is 4. The average Bonchev–Trinajstić information content (AvgIpc) is 3.23. The van der Waals surface area contributed by atoms with E-state index in [1.807, 2.05) is 0 Å². The Bertz CT molecular complexity index is 998. The van der Waals surface area contributed by atoms with E-state index in [-0.39, 0.29) is 11.7 Å². The van der Waals surface area contributed by atoms with Crippen LogP contribution in [-0.2, 0) is 11.3 Å². The van der Waals surface area contributed by atoms with Crippen LogP contribution >= 0.6 is 0 Å². The lowest BCUT2D eigenvalue weighted by molar-refractivity contribution is -0.274. The molecule has 1 aromatic heterocycles.